The summed E-state index contributed by atoms with van der Waals surface area (Å²) in [6, 6.07) is 15.0. The first-order valence-corrected chi connectivity index (χ1v) is 10.8. The molecule has 4 rings (SSSR count). The van der Waals surface area contributed by atoms with Crippen molar-refractivity contribution in [3.8, 4) is 0 Å². The number of carbonyl (C=O) groups is 2. The molecule has 7 heteroatoms. The Hall–Kier alpha value is -3.42. The molecule has 3 aromatic rings. The molecule has 1 aliphatic heterocycles. The van der Waals surface area contributed by atoms with Crippen molar-refractivity contribution < 1.29 is 14.7 Å². The Morgan fingerprint density at radius 2 is 1.88 bits per heavy atom. The van der Waals surface area contributed by atoms with Crippen molar-refractivity contribution in [3.63, 3.8) is 0 Å². The first-order chi connectivity index (χ1) is 15.5. The van der Waals surface area contributed by atoms with Gasteiger partial charge < -0.3 is 15.4 Å². The van der Waals surface area contributed by atoms with Crippen LogP contribution in [0.25, 0.3) is 17.0 Å². The summed E-state index contributed by atoms with van der Waals surface area (Å²) in [5.41, 5.74) is 3.42. The number of amides is 1. The first kappa shape index (κ1) is 21.8. The number of carboxylic acids is 1. The van der Waals surface area contributed by atoms with Crippen molar-refractivity contribution in [3.05, 3.63) is 71.9 Å². The molecule has 7 nitrogen and oxygen atoms in total. The Bertz CT molecular complexity index is 1110. The Balaban J connectivity index is 1.42. The molecule has 3 N–H and O–H groups in total. The van der Waals surface area contributed by atoms with E-state index in [2.05, 4.69) is 39.5 Å². The molecular weight excluding hydrogens is 404 g/mol. The Morgan fingerprint density at radius 1 is 1.12 bits per heavy atom. The van der Waals surface area contributed by atoms with E-state index in [4.69, 9.17) is 0 Å². The van der Waals surface area contributed by atoms with Gasteiger partial charge in [-0.25, -0.2) is 0 Å². The van der Waals surface area contributed by atoms with Crippen LogP contribution in [0.1, 0.15) is 24.1 Å². The first-order valence-electron chi connectivity index (χ1n) is 10.8. The van der Waals surface area contributed by atoms with Crippen molar-refractivity contribution in [2.24, 2.45) is 0 Å². The van der Waals surface area contributed by atoms with Crippen LogP contribution in [0.5, 0.6) is 0 Å². The molecule has 2 heterocycles. The largest absolute Gasteiger partial charge is 0.480 e. The highest BCUT2D eigenvalue weighted by Crippen LogP contribution is 2.31. The van der Waals surface area contributed by atoms with Gasteiger partial charge in [0, 0.05) is 68.0 Å². The van der Waals surface area contributed by atoms with Crippen LogP contribution in [-0.4, -0.2) is 64.5 Å². The van der Waals surface area contributed by atoms with Gasteiger partial charge in [-0.15, -0.1) is 0 Å². The minimum Gasteiger partial charge on any atom is -0.480 e. The van der Waals surface area contributed by atoms with Crippen LogP contribution in [0.15, 0.2) is 60.8 Å². The maximum atomic E-state index is 12.2. The van der Waals surface area contributed by atoms with Crippen molar-refractivity contribution >= 4 is 34.5 Å². The van der Waals surface area contributed by atoms with E-state index in [1.807, 2.05) is 35.2 Å². The zero-order valence-electron chi connectivity index (χ0n) is 18.1. The second-order valence-electron chi connectivity index (χ2n) is 8.08. The van der Waals surface area contributed by atoms with Gasteiger partial charge in [-0.1, -0.05) is 48.6 Å². The van der Waals surface area contributed by atoms with Crippen LogP contribution in [0.2, 0.25) is 0 Å². The minimum absolute atomic E-state index is 0.143. The molecule has 1 fully saturated rings. The Labute approximate surface area is 187 Å². The van der Waals surface area contributed by atoms with Crippen LogP contribution in [0, 0.1) is 0 Å². The van der Waals surface area contributed by atoms with Gasteiger partial charge in [0.1, 0.15) is 6.04 Å². The van der Waals surface area contributed by atoms with E-state index in [-0.39, 0.29) is 5.91 Å². The molecule has 32 heavy (non-hydrogen) atoms. The lowest BCUT2D eigenvalue weighted by Gasteiger charge is -2.37. The summed E-state index contributed by atoms with van der Waals surface area (Å²) in [4.78, 5) is 31.1. The summed E-state index contributed by atoms with van der Waals surface area (Å²) in [5.74, 6) is -0.995. The van der Waals surface area contributed by atoms with Gasteiger partial charge in [0.25, 0.3) is 0 Å². The molecule has 1 unspecified atom stereocenters. The van der Waals surface area contributed by atoms with Crippen LogP contribution in [0.3, 0.4) is 0 Å². The Kier molecular flexibility index (Phi) is 6.68. The van der Waals surface area contributed by atoms with E-state index >= 15 is 0 Å². The third-order valence-corrected chi connectivity index (χ3v) is 5.81. The third-order valence-electron chi connectivity index (χ3n) is 5.81. The molecule has 0 bridgehead atoms. The number of fused-ring (bicyclic) bond motifs is 1. The number of carboxylic acid groups (broad SMARTS) is 1. The predicted molar refractivity (Wildman–Crippen MR) is 126 cm³/mol. The topological polar surface area (TPSA) is 88.7 Å². The monoisotopic (exact) mass is 432 g/mol. The summed E-state index contributed by atoms with van der Waals surface area (Å²) < 4.78 is 0. The number of carbonyl (C=O) groups excluding carboxylic acids is 1. The molecule has 166 valence electrons. The van der Waals surface area contributed by atoms with Crippen LogP contribution < -0.4 is 5.32 Å². The molecule has 1 atom stereocenters. The van der Waals surface area contributed by atoms with Crippen molar-refractivity contribution in [1.29, 1.82) is 0 Å². The molecule has 0 saturated carbocycles. The molecule has 0 aliphatic carbocycles. The number of nitrogens with one attached hydrogen (secondary N) is 2. The lowest BCUT2D eigenvalue weighted by Crippen LogP contribution is -2.49. The number of hydrogen-bond donors (Lipinski definition) is 3. The SMILES string of the molecule is CC(=O)Nc1ccc2c(C(C(=O)O)N3CCN(C/C=C/c4ccccc4)CC3)c[nH]c2c1. The molecular formula is C25H28N4O3. The van der Waals surface area contributed by atoms with Crippen LogP contribution >= 0.6 is 0 Å². The van der Waals surface area contributed by atoms with Crippen LogP contribution in [0.4, 0.5) is 5.69 Å². The van der Waals surface area contributed by atoms with Gasteiger partial charge in [-0.05, 0) is 17.7 Å². The summed E-state index contributed by atoms with van der Waals surface area (Å²) in [6.07, 6.45) is 6.05. The number of piperazine rings is 1. The van der Waals surface area contributed by atoms with Crippen molar-refractivity contribution in [1.82, 2.24) is 14.8 Å². The highest BCUT2D eigenvalue weighted by atomic mass is 16.4. The summed E-state index contributed by atoms with van der Waals surface area (Å²) in [5, 5.41) is 13.6. The van der Waals surface area contributed by atoms with Gasteiger partial charge in [0.2, 0.25) is 5.91 Å². The number of anilines is 1. The third kappa shape index (κ3) is 5.07. The Morgan fingerprint density at radius 3 is 2.56 bits per heavy atom. The highest BCUT2D eigenvalue weighted by Gasteiger charge is 2.31. The number of aliphatic carboxylic acids is 1. The number of rotatable bonds is 7. The zero-order valence-corrected chi connectivity index (χ0v) is 18.1. The number of aromatic nitrogens is 1. The van der Waals surface area contributed by atoms with E-state index in [1.165, 1.54) is 12.5 Å². The summed E-state index contributed by atoms with van der Waals surface area (Å²) in [6.45, 7) is 5.32. The van der Waals surface area contributed by atoms with E-state index < -0.39 is 12.0 Å². The molecule has 1 saturated heterocycles. The second kappa shape index (κ2) is 9.80. The average Bonchev–Trinajstić information content (AvgIpc) is 3.18. The number of aromatic amines is 1. The molecule has 0 radical (unpaired) electrons. The number of H-pyrrole nitrogens is 1. The van der Waals surface area contributed by atoms with Crippen LogP contribution in [-0.2, 0) is 9.59 Å². The van der Waals surface area contributed by atoms with Gasteiger partial charge in [0.15, 0.2) is 0 Å². The van der Waals surface area contributed by atoms with Gasteiger partial charge in [0.05, 0.1) is 0 Å². The molecule has 0 spiro atoms. The van der Waals surface area contributed by atoms with E-state index in [0.717, 1.165) is 36.1 Å². The quantitative estimate of drug-likeness (QED) is 0.531. The van der Waals surface area contributed by atoms with E-state index in [0.29, 0.717) is 18.8 Å². The smallest absolute Gasteiger partial charge is 0.325 e. The standard InChI is InChI=1S/C25H28N4O3/c1-18(30)27-20-9-10-21-22(17-26-23(21)16-20)24(25(31)32)29-14-12-28(13-15-29)11-5-8-19-6-3-2-4-7-19/h2-10,16-17,24,26H,11-15H2,1H3,(H,27,30)(H,31,32)/b8-5+. The van der Waals surface area contributed by atoms with Gasteiger partial charge >= 0.3 is 5.97 Å². The number of benzene rings is 2. The maximum Gasteiger partial charge on any atom is 0.325 e. The number of nitrogens with zero attached hydrogens (tertiary/aromatic N) is 2. The molecule has 1 amide bonds. The fourth-order valence-electron chi connectivity index (χ4n) is 4.25. The number of hydrogen-bond acceptors (Lipinski definition) is 4. The van der Waals surface area contributed by atoms with Gasteiger partial charge in [-0.3, -0.25) is 19.4 Å². The zero-order chi connectivity index (χ0) is 22.5. The lowest BCUT2D eigenvalue weighted by atomic mass is 10.0. The summed E-state index contributed by atoms with van der Waals surface area (Å²) in [7, 11) is 0. The van der Waals surface area contributed by atoms with Crippen molar-refractivity contribution in [2.45, 2.75) is 13.0 Å². The second-order valence-corrected chi connectivity index (χ2v) is 8.08. The average molecular weight is 433 g/mol. The van der Waals surface area contributed by atoms with Gasteiger partial charge in [-0.2, -0.15) is 0 Å². The molecule has 1 aliphatic rings. The lowest BCUT2D eigenvalue weighted by molar-refractivity contribution is -0.144. The molecule has 2 aromatic carbocycles. The predicted octanol–water partition coefficient (Wildman–Crippen LogP) is 3.58. The fraction of sp³-hybridized carbons (Fsp3) is 0.280. The highest BCUT2D eigenvalue weighted by molar-refractivity contribution is 5.94. The summed E-state index contributed by atoms with van der Waals surface area (Å²) >= 11 is 0. The van der Waals surface area contributed by atoms with E-state index in [9.17, 15) is 14.7 Å². The fourth-order valence-corrected chi connectivity index (χ4v) is 4.25. The minimum atomic E-state index is -0.853. The maximum absolute atomic E-state index is 12.2. The normalized spacial score (nSPS) is 16.4. The molecule has 1 aromatic heterocycles. The van der Waals surface area contributed by atoms with E-state index in [1.54, 1.807) is 12.3 Å². The van der Waals surface area contributed by atoms with Crippen molar-refractivity contribution in [2.75, 3.05) is 38.0 Å².